The number of piperazine rings is 1. The van der Waals surface area contributed by atoms with Crippen molar-refractivity contribution in [1.82, 2.24) is 15.1 Å². The van der Waals surface area contributed by atoms with Crippen molar-refractivity contribution in [3.8, 4) is 28.3 Å². The number of aromatic nitrogens is 2. The highest BCUT2D eigenvalue weighted by atomic mass is 16.5. The Bertz CT molecular complexity index is 1420. The van der Waals surface area contributed by atoms with Crippen molar-refractivity contribution in [2.75, 3.05) is 50.6 Å². The molecule has 1 amide bonds. The van der Waals surface area contributed by atoms with Crippen molar-refractivity contribution in [3.63, 3.8) is 0 Å². The van der Waals surface area contributed by atoms with Crippen LogP contribution in [0, 0.1) is 13.8 Å². The van der Waals surface area contributed by atoms with Gasteiger partial charge in [0.1, 0.15) is 5.75 Å². The number of anilines is 2. The molecule has 3 aromatic carbocycles. The largest absolute Gasteiger partial charge is 0.495 e. The van der Waals surface area contributed by atoms with Crippen LogP contribution in [0.3, 0.4) is 0 Å². The van der Waals surface area contributed by atoms with Gasteiger partial charge in [-0.3, -0.25) is 4.79 Å². The molecule has 0 saturated carbocycles. The van der Waals surface area contributed by atoms with Gasteiger partial charge in [0.05, 0.1) is 19.2 Å². The predicted octanol–water partition coefficient (Wildman–Crippen LogP) is 4.96. The van der Waals surface area contributed by atoms with Gasteiger partial charge >= 0.3 is 0 Å². The highest BCUT2D eigenvalue weighted by molar-refractivity contribution is 5.93. The van der Waals surface area contributed by atoms with Crippen LogP contribution in [-0.2, 0) is 11.2 Å². The number of rotatable bonds is 7. The number of hydrogen-bond donors (Lipinski definition) is 1. The Kier molecular flexibility index (Phi) is 7.42. The Morgan fingerprint density at radius 1 is 0.947 bits per heavy atom. The minimum atomic E-state index is -0.0582. The molecule has 8 nitrogen and oxygen atoms in total. The molecule has 8 heteroatoms. The average molecular weight is 512 g/mol. The highest BCUT2D eigenvalue weighted by Crippen LogP contribution is 2.32. The number of nitrogens with zero attached hydrogens (tertiary/aromatic N) is 4. The molecule has 0 unspecified atom stereocenters. The van der Waals surface area contributed by atoms with Crippen molar-refractivity contribution < 1.29 is 13.9 Å². The second-order valence-electron chi connectivity index (χ2n) is 9.75. The van der Waals surface area contributed by atoms with E-state index in [1.54, 1.807) is 14.0 Å². The summed E-state index contributed by atoms with van der Waals surface area (Å²) in [7, 11) is 3.81. The summed E-state index contributed by atoms with van der Waals surface area (Å²) < 4.78 is 11.2. The first-order chi connectivity index (χ1) is 18.4. The number of methoxy groups -OCH3 is 1. The molecule has 2 heterocycles. The van der Waals surface area contributed by atoms with Gasteiger partial charge in [0, 0.05) is 44.4 Å². The van der Waals surface area contributed by atoms with Gasteiger partial charge in [-0.2, -0.15) is 0 Å². The maximum absolute atomic E-state index is 12.9. The molecule has 1 aliphatic rings. The van der Waals surface area contributed by atoms with Gasteiger partial charge in [0.2, 0.25) is 17.7 Å². The zero-order valence-corrected chi connectivity index (χ0v) is 22.3. The van der Waals surface area contributed by atoms with Crippen LogP contribution in [0.4, 0.5) is 11.4 Å². The smallest absolute Gasteiger partial charge is 0.247 e. The summed E-state index contributed by atoms with van der Waals surface area (Å²) in [6.07, 6.45) is 0.288. The molecule has 38 heavy (non-hydrogen) atoms. The summed E-state index contributed by atoms with van der Waals surface area (Å²) in [5, 5.41) is 11.1. The van der Waals surface area contributed by atoms with Crippen LogP contribution in [0.25, 0.3) is 22.6 Å². The molecule has 196 valence electrons. The van der Waals surface area contributed by atoms with Gasteiger partial charge in [-0.15, -0.1) is 10.2 Å². The molecule has 1 aromatic heterocycles. The number of carbonyl (C=O) groups is 1. The van der Waals surface area contributed by atoms with E-state index in [9.17, 15) is 4.79 Å². The third kappa shape index (κ3) is 5.70. The maximum Gasteiger partial charge on any atom is 0.247 e. The van der Waals surface area contributed by atoms with Crippen molar-refractivity contribution >= 4 is 17.3 Å². The lowest BCUT2D eigenvalue weighted by atomic mass is 9.96. The highest BCUT2D eigenvalue weighted by Gasteiger charge is 2.19. The molecule has 0 radical (unpaired) electrons. The summed E-state index contributed by atoms with van der Waals surface area (Å²) in [6, 6.07) is 20.0. The first-order valence-corrected chi connectivity index (χ1v) is 12.8. The maximum atomic E-state index is 12.9. The van der Waals surface area contributed by atoms with Crippen molar-refractivity contribution in [3.05, 3.63) is 77.7 Å². The first kappa shape index (κ1) is 25.5. The van der Waals surface area contributed by atoms with Gasteiger partial charge in [0.15, 0.2) is 0 Å². The van der Waals surface area contributed by atoms with Gasteiger partial charge in [-0.05, 0) is 66.6 Å². The van der Waals surface area contributed by atoms with Gasteiger partial charge in [-0.1, -0.05) is 30.3 Å². The number of nitrogens with one attached hydrogen (secondary N) is 1. The molecule has 1 aliphatic heterocycles. The zero-order chi connectivity index (χ0) is 26.6. The summed E-state index contributed by atoms with van der Waals surface area (Å²) in [5.41, 5.74) is 6.90. The number of carbonyl (C=O) groups excluding carboxylic acids is 1. The summed E-state index contributed by atoms with van der Waals surface area (Å²) in [6.45, 7) is 7.69. The Hall–Kier alpha value is -4.17. The predicted molar refractivity (Wildman–Crippen MR) is 150 cm³/mol. The standard InChI is InChI=1S/C30H33N5O3/c1-20-5-8-24(30-33-32-21(2)38-30)18-26(20)23-9-6-22(7-10-23)17-29(36)31-25-11-12-28(37-4)27(19-25)35-15-13-34(3)14-16-35/h5-12,18-19H,13-17H2,1-4H3,(H,31,36). The lowest BCUT2D eigenvalue weighted by molar-refractivity contribution is -0.115. The van der Waals surface area contributed by atoms with Gasteiger partial charge < -0.3 is 24.3 Å². The van der Waals surface area contributed by atoms with E-state index in [0.29, 0.717) is 11.8 Å². The second kappa shape index (κ2) is 11.1. The zero-order valence-electron chi connectivity index (χ0n) is 22.3. The third-order valence-electron chi connectivity index (χ3n) is 6.95. The molecule has 0 bridgehead atoms. The molecule has 4 aromatic rings. The van der Waals surface area contributed by atoms with Crippen LogP contribution >= 0.6 is 0 Å². The van der Waals surface area contributed by atoms with Crippen molar-refractivity contribution in [1.29, 1.82) is 0 Å². The first-order valence-electron chi connectivity index (χ1n) is 12.8. The minimum absolute atomic E-state index is 0.0582. The van der Waals surface area contributed by atoms with E-state index in [1.807, 2.05) is 48.5 Å². The Morgan fingerprint density at radius 3 is 2.37 bits per heavy atom. The van der Waals surface area contributed by atoms with E-state index in [0.717, 1.165) is 71.1 Å². The summed E-state index contributed by atoms with van der Waals surface area (Å²) in [5.74, 6) is 1.80. The fourth-order valence-corrected chi connectivity index (χ4v) is 4.73. The van der Waals surface area contributed by atoms with Crippen LogP contribution < -0.4 is 15.0 Å². The topological polar surface area (TPSA) is 83.7 Å². The van der Waals surface area contributed by atoms with E-state index in [4.69, 9.17) is 9.15 Å². The SMILES string of the molecule is COc1ccc(NC(=O)Cc2ccc(-c3cc(-c4nnc(C)o4)ccc3C)cc2)cc1N1CCN(C)CC1. The van der Waals surface area contributed by atoms with Crippen LogP contribution in [0.15, 0.2) is 65.1 Å². The number of benzene rings is 3. The molecule has 1 saturated heterocycles. The van der Waals surface area contributed by atoms with Crippen LogP contribution in [0.5, 0.6) is 5.75 Å². The lowest BCUT2D eigenvalue weighted by Crippen LogP contribution is -2.44. The van der Waals surface area contributed by atoms with Crippen molar-refractivity contribution in [2.24, 2.45) is 0 Å². The molecule has 0 aliphatic carbocycles. The Morgan fingerprint density at radius 2 is 1.68 bits per heavy atom. The Balaban J connectivity index is 1.27. The quantitative estimate of drug-likeness (QED) is 0.375. The fraction of sp³-hybridized carbons (Fsp3) is 0.300. The molecule has 5 rings (SSSR count). The molecular formula is C30H33N5O3. The number of aryl methyl sites for hydroxylation is 2. The third-order valence-corrected chi connectivity index (χ3v) is 6.95. The van der Waals surface area contributed by atoms with Crippen LogP contribution in [-0.4, -0.2) is 61.3 Å². The number of ether oxygens (including phenoxy) is 1. The number of hydrogen-bond acceptors (Lipinski definition) is 7. The van der Waals surface area contributed by atoms with Gasteiger partial charge in [-0.25, -0.2) is 0 Å². The van der Waals surface area contributed by atoms with E-state index in [1.165, 1.54) is 0 Å². The summed E-state index contributed by atoms with van der Waals surface area (Å²) >= 11 is 0. The molecule has 0 atom stereocenters. The Labute approximate surface area is 223 Å². The molecule has 0 spiro atoms. The number of likely N-dealkylation sites (N-methyl/N-ethyl adjacent to an activating group) is 1. The van der Waals surface area contributed by atoms with E-state index >= 15 is 0 Å². The van der Waals surface area contributed by atoms with Crippen LogP contribution in [0.1, 0.15) is 17.0 Å². The van der Waals surface area contributed by atoms with E-state index < -0.39 is 0 Å². The minimum Gasteiger partial charge on any atom is -0.495 e. The average Bonchev–Trinajstić information content (AvgIpc) is 3.36. The fourth-order valence-electron chi connectivity index (χ4n) is 4.73. The number of amides is 1. The molecular weight excluding hydrogens is 478 g/mol. The van der Waals surface area contributed by atoms with Crippen molar-refractivity contribution in [2.45, 2.75) is 20.3 Å². The second-order valence-corrected chi connectivity index (χ2v) is 9.75. The van der Waals surface area contributed by atoms with E-state index in [2.05, 4.69) is 51.4 Å². The normalized spacial score (nSPS) is 13.9. The monoisotopic (exact) mass is 511 g/mol. The molecule has 1 N–H and O–H groups in total. The molecule has 1 fully saturated rings. The van der Waals surface area contributed by atoms with Crippen LogP contribution in [0.2, 0.25) is 0 Å². The lowest BCUT2D eigenvalue weighted by Gasteiger charge is -2.34. The summed E-state index contributed by atoms with van der Waals surface area (Å²) in [4.78, 5) is 17.5. The van der Waals surface area contributed by atoms with Gasteiger partial charge in [0.25, 0.3) is 0 Å². The van der Waals surface area contributed by atoms with E-state index in [-0.39, 0.29) is 12.3 Å².